The number of nitrogens with one attached hydrogen (secondary N) is 1. The van der Waals surface area contributed by atoms with Crippen LogP contribution >= 0.6 is 11.3 Å². The zero-order valence-corrected chi connectivity index (χ0v) is 18.5. The van der Waals surface area contributed by atoms with Gasteiger partial charge < -0.3 is 15.0 Å². The van der Waals surface area contributed by atoms with E-state index < -0.39 is 0 Å². The lowest BCUT2D eigenvalue weighted by molar-refractivity contribution is -0.125. The Balaban J connectivity index is 1.34. The van der Waals surface area contributed by atoms with E-state index in [0.717, 1.165) is 45.9 Å². The number of thiophene rings is 1. The highest BCUT2D eigenvalue weighted by atomic mass is 32.1. The number of halogens is 1. The van der Waals surface area contributed by atoms with E-state index in [0.29, 0.717) is 24.0 Å². The van der Waals surface area contributed by atoms with Crippen LogP contribution < -0.4 is 15.0 Å². The van der Waals surface area contributed by atoms with E-state index in [1.807, 2.05) is 30.3 Å². The van der Waals surface area contributed by atoms with Crippen molar-refractivity contribution in [2.75, 3.05) is 25.1 Å². The molecule has 32 heavy (non-hydrogen) atoms. The topological polar surface area (TPSA) is 67.3 Å². The summed E-state index contributed by atoms with van der Waals surface area (Å²) in [4.78, 5) is 23.9. The summed E-state index contributed by atoms with van der Waals surface area (Å²) in [6.45, 7) is 1.84. The molecular weight excluding hydrogens is 427 g/mol. The summed E-state index contributed by atoms with van der Waals surface area (Å²) in [7, 11) is 1.63. The van der Waals surface area contributed by atoms with Crippen LogP contribution in [0.15, 0.2) is 48.8 Å². The molecule has 5 rings (SSSR count). The number of carbonyl (C=O) groups is 1. The maximum absolute atomic E-state index is 14.4. The van der Waals surface area contributed by atoms with Crippen LogP contribution in [-0.2, 0) is 11.3 Å². The van der Waals surface area contributed by atoms with Crippen molar-refractivity contribution in [1.82, 2.24) is 15.3 Å². The molecular formula is C24H23FN4O2S. The number of amides is 1. The predicted molar refractivity (Wildman–Crippen MR) is 125 cm³/mol. The molecule has 0 saturated carbocycles. The fourth-order valence-electron chi connectivity index (χ4n) is 4.29. The van der Waals surface area contributed by atoms with Crippen molar-refractivity contribution < 1.29 is 13.9 Å². The number of piperidine rings is 1. The molecule has 6 nitrogen and oxygen atoms in total. The van der Waals surface area contributed by atoms with E-state index in [1.165, 1.54) is 23.7 Å². The molecule has 0 spiro atoms. The minimum atomic E-state index is -0.271. The third-order valence-electron chi connectivity index (χ3n) is 5.90. The third-order valence-corrected chi connectivity index (χ3v) is 7.04. The van der Waals surface area contributed by atoms with Gasteiger partial charge in [0.15, 0.2) is 0 Å². The molecule has 1 N–H and O–H groups in total. The first kappa shape index (κ1) is 20.6. The van der Waals surface area contributed by atoms with Crippen LogP contribution in [0.5, 0.6) is 5.75 Å². The van der Waals surface area contributed by atoms with Gasteiger partial charge in [0.05, 0.1) is 28.6 Å². The lowest BCUT2D eigenvalue weighted by atomic mass is 9.97. The zero-order valence-electron chi connectivity index (χ0n) is 17.7. The quantitative estimate of drug-likeness (QED) is 0.484. The van der Waals surface area contributed by atoms with Crippen LogP contribution in [0, 0.1) is 11.7 Å². The summed E-state index contributed by atoms with van der Waals surface area (Å²) < 4.78 is 21.4. The van der Waals surface area contributed by atoms with Crippen LogP contribution in [0.3, 0.4) is 0 Å². The van der Waals surface area contributed by atoms with Gasteiger partial charge in [0.25, 0.3) is 0 Å². The Bertz CT molecular complexity index is 1290. The van der Waals surface area contributed by atoms with Crippen LogP contribution in [-0.4, -0.2) is 36.1 Å². The van der Waals surface area contributed by atoms with Gasteiger partial charge in [0, 0.05) is 24.3 Å². The van der Waals surface area contributed by atoms with Crippen molar-refractivity contribution in [3.63, 3.8) is 0 Å². The van der Waals surface area contributed by atoms with E-state index >= 15 is 0 Å². The molecule has 0 bridgehead atoms. The Morgan fingerprint density at radius 3 is 3.03 bits per heavy atom. The third kappa shape index (κ3) is 3.86. The second-order valence-electron chi connectivity index (χ2n) is 7.94. The van der Waals surface area contributed by atoms with Crippen LogP contribution in [0.25, 0.3) is 20.3 Å². The Morgan fingerprint density at radius 1 is 1.28 bits per heavy atom. The van der Waals surface area contributed by atoms with E-state index in [4.69, 9.17) is 4.74 Å². The van der Waals surface area contributed by atoms with E-state index in [2.05, 4.69) is 20.2 Å². The van der Waals surface area contributed by atoms with Crippen molar-refractivity contribution in [3.05, 3.63) is 60.2 Å². The molecule has 1 amide bonds. The second-order valence-corrected chi connectivity index (χ2v) is 9.00. The summed E-state index contributed by atoms with van der Waals surface area (Å²) >= 11 is 1.50. The van der Waals surface area contributed by atoms with Crippen LogP contribution in [0.1, 0.15) is 18.4 Å². The maximum atomic E-state index is 14.4. The second kappa shape index (κ2) is 8.70. The highest BCUT2D eigenvalue weighted by Crippen LogP contribution is 2.39. The monoisotopic (exact) mass is 450 g/mol. The number of ether oxygens (including phenoxy) is 1. The van der Waals surface area contributed by atoms with Crippen molar-refractivity contribution in [2.24, 2.45) is 5.92 Å². The normalized spacial score (nSPS) is 16.4. The molecule has 4 aromatic rings. The highest BCUT2D eigenvalue weighted by Gasteiger charge is 2.28. The minimum absolute atomic E-state index is 0.0326. The number of benzene rings is 2. The van der Waals surface area contributed by atoms with Gasteiger partial charge >= 0.3 is 0 Å². The van der Waals surface area contributed by atoms with Crippen molar-refractivity contribution >= 4 is 43.4 Å². The number of anilines is 1. The molecule has 1 fully saturated rings. The standard InChI is InChI=1S/C24H23FN4O2S/c1-31-17-7-2-5-15(11-17)12-26-24(30)16-6-4-10-29(13-16)23-22-21(27-14-28-23)20-18(25)8-3-9-19(20)32-22/h2-3,5,7-9,11,14,16H,4,6,10,12-13H2,1H3,(H,26,30). The lowest BCUT2D eigenvalue weighted by Gasteiger charge is -2.33. The van der Waals surface area contributed by atoms with E-state index in [9.17, 15) is 9.18 Å². The van der Waals surface area contributed by atoms with Crippen LogP contribution in [0.4, 0.5) is 10.2 Å². The van der Waals surface area contributed by atoms with E-state index in [1.54, 1.807) is 13.2 Å². The van der Waals surface area contributed by atoms with Gasteiger partial charge in [-0.15, -0.1) is 11.3 Å². The largest absolute Gasteiger partial charge is 0.497 e. The first-order valence-corrected chi connectivity index (χ1v) is 11.4. The molecule has 3 heterocycles. The van der Waals surface area contributed by atoms with Crippen molar-refractivity contribution in [1.29, 1.82) is 0 Å². The van der Waals surface area contributed by atoms with Crippen molar-refractivity contribution in [2.45, 2.75) is 19.4 Å². The fraction of sp³-hybridized carbons (Fsp3) is 0.292. The number of nitrogens with zero attached hydrogens (tertiary/aromatic N) is 3. The number of rotatable bonds is 5. The first-order valence-electron chi connectivity index (χ1n) is 10.6. The average Bonchev–Trinajstić information content (AvgIpc) is 3.23. The summed E-state index contributed by atoms with van der Waals surface area (Å²) in [5, 5.41) is 3.60. The molecule has 0 aliphatic carbocycles. The number of methoxy groups -OCH3 is 1. The van der Waals surface area contributed by atoms with Gasteiger partial charge in [-0.1, -0.05) is 18.2 Å². The minimum Gasteiger partial charge on any atom is -0.497 e. The Morgan fingerprint density at radius 2 is 2.16 bits per heavy atom. The molecule has 8 heteroatoms. The van der Waals surface area contributed by atoms with Crippen LogP contribution in [0.2, 0.25) is 0 Å². The number of carbonyl (C=O) groups excluding carboxylic acids is 1. The molecule has 1 aliphatic rings. The predicted octanol–water partition coefficient (Wildman–Crippen LogP) is 4.53. The summed E-state index contributed by atoms with van der Waals surface area (Å²) in [5.41, 5.74) is 1.63. The first-order chi connectivity index (χ1) is 15.6. The number of fused-ring (bicyclic) bond motifs is 3. The van der Waals surface area contributed by atoms with Gasteiger partial charge in [-0.2, -0.15) is 0 Å². The molecule has 1 unspecified atom stereocenters. The Kier molecular flexibility index (Phi) is 5.61. The van der Waals surface area contributed by atoms with Gasteiger partial charge in [0.2, 0.25) is 5.91 Å². The highest BCUT2D eigenvalue weighted by molar-refractivity contribution is 7.26. The summed E-state index contributed by atoms with van der Waals surface area (Å²) in [6.07, 6.45) is 3.21. The molecule has 164 valence electrons. The van der Waals surface area contributed by atoms with Gasteiger partial charge in [-0.25, -0.2) is 14.4 Å². The summed E-state index contributed by atoms with van der Waals surface area (Å²) in [6, 6.07) is 12.8. The SMILES string of the molecule is COc1cccc(CNC(=O)C2CCCN(c3ncnc4c3sc3cccc(F)c34)C2)c1. The molecule has 2 aromatic heterocycles. The Hall–Kier alpha value is -3.26. The lowest BCUT2D eigenvalue weighted by Crippen LogP contribution is -2.43. The maximum Gasteiger partial charge on any atom is 0.225 e. The molecule has 2 aromatic carbocycles. The molecule has 1 atom stereocenters. The average molecular weight is 451 g/mol. The van der Waals surface area contributed by atoms with Crippen molar-refractivity contribution in [3.8, 4) is 5.75 Å². The van der Waals surface area contributed by atoms with E-state index in [-0.39, 0.29) is 17.6 Å². The number of hydrogen-bond acceptors (Lipinski definition) is 6. The zero-order chi connectivity index (χ0) is 22.1. The molecule has 1 aliphatic heterocycles. The molecule has 0 radical (unpaired) electrons. The number of aromatic nitrogens is 2. The summed E-state index contributed by atoms with van der Waals surface area (Å²) in [5.74, 6) is 1.18. The smallest absolute Gasteiger partial charge is 0.225 e. The number of hydrogen-bond donors (Lipinski definition) is 1. The Labute approximate surface area is 189 Å². The van der Waals surface area contributed by atoms with Gasteiger partial charge in [0.1, 0.15) is 23.7 Å². The molecule has 1 saturated heterocycles. The van der Waals surface area contributed by atoms with Gasteiger partial charge in [-0.3, -0.25) is 4.79 Å². The van der Waals surface area contributed by atoms with Gasteiger partial charge in [-0.05, 0) is 42.7 Å². The fourth-order valence-corrected chi connectivity index (χ4v) is 5.48.